The second kappa shape index (κ2) is 4.88. The number of rotatable bonds is 3. The van der Waals surface area contributed by atoms with Crippen molar-refractivity contribution < 1.29 is 9.90 Å². The molecule has 0 aliphatic carbocycles. The number of likely N-dealkylation sites (tertiary alicyclic amines) is 1. The van der Waals surface area contributed by atoms with Crippen LogP contribution in [0.5, 0.6) is 0 Å². The first-order valence-corrected chi connectivity index (χ1v) is 6.11. The Morgan fingerprint density at radius 1 is 1.47 bits per heavy atom. The first kappa shape index (κ1) is 12.1. The molecule has 0 bridgehead atoms. The van der Waals surface area contributed by atoms with Gasteiger partial charge >= 0.3 is 5.97 Å². The highest BCUT2D eigenvalue weighted by atomic mass is 16.4. The Hall–Kier alpha value is -1.35. The van der Waals surface area contributed by atoms with Crippen molar-refractivity contribution in [1.82, 2.24) is 4.90 Å². The van der Waals surface area contributed by atoms with Gasteiger partial charge in [0, 0.05) is 6.54 Å². The average molecular weight is 233 g/mol. The van der Waals surface area contributed by atoms with E-state index in [4.69, 9.17) is 5.11 Å². The van der Waals surface area contributed by atoms with Crippen LogP contribution in [0.4, 0.5) is 0 Å². The van der Waals surface area contributed by atoms with Crippen molar-refractivity contribution in [2.45, 2.75) is 39.3 Å². The van der Waals surface area contributed by atoms with Gasteiger partial charge in [-0.05, 0) is 44.4 Å². The first-order valence-electron chi connectivity index (χ1n) is 6.11. The maximum Gasteiger partial charge on any atom is 0.320 e. The molecule has 1 aromatic carbocycles. The van der Waals surface area contributed by atoms with Gasteiger partial charge in [0.1, 0.15) is 6.04 Å². The third-order valence-corrected chi connectivity index (χ3v) is 3.53. The quantitative estimate of drug-likeness (QED) is 0.871. The number of aliphatic carboxylic acids is 1. The van der Waals surface area contributed by atoms with Gasteiger partial charge in [0.2, 0.25) is 0 Å². The Labute approximate surface area is 102 Å². The molecule has 0 unspecified atom stereocenters. The summed E-state index contributed by atoms with van der Waals surface area (Å²) < 4.78 is 0. The van der Waals surface area contributed by atoms with Gasteiger partial charge in [-0.15, -0.1) is 0 Å². The van der Waals surface area contributed by atoms with E-state index >= 15 is 0 Å². The van der Waals surface area contributed by atoms with Crippen molar-refractivity contribution in [3.63, 3.8) is 0 Å². The number of hydrogen-bond donors (Lipinski definition) is 1. The topological polar surface area (TPSA) is 40.5 Å². The second-order valence-electron chi connectivity index (χ2n) is 4.90. The molecule has 0 aromatic heterocycles. The van der Waals surface area contributed by atoms with Crippen LogP contribution in [0.15, 0.2) is 18.2 Å². The largest absolute Gasteiger partial charge is 0.480 e. The third kappa shape index (κ3) is 2.67. The summed E-state index contributed by atoms with van der Waals surface area (Å²) in [5.41, 5.74) is 3.72. The fourth-order valence-corrected chi connectivity index (χ4v) is 2.48. The molecule has 3 nitrogen and oxygen atoms in total. The Morgan fingerprint density at radius 2 is 2.24 bits per heavy atom. The monoisotopic (exact) mass is 233 g/mol. The number of aryl methyl sites for hydroxylation is 2. The first-order chi connectivity index (χ1) is 8.08. The highest BCUT2D eigenvalue weighted by Crippen LogP contribution is 2.22. The number of carbonyl (C=O) groups is 1. The zero-order valence-electron chi connectivity index (χ0n) is 10.4. The van der Waals surface area contributed by atoms with Crippen LogP contribution >= 0.6 is 0 Å². The molecule has 0 spiro atoms. The maximum absolute atomic E-state index is 11.1. The van der Waals surface area contributed by atoms with Crippen molar-refractivity contribution >= 4 is 5.97 Å². The molecule has 92 valence electrons. The summed E-state index contributed by atoms with van der Waals surface area (Å²) in [6, 6.07) is 6.07. The van der Waals surface area contributed by atoms with E-state index in [1.165, 1.54) is 16.7 Å². The molecule has 1 aliphatic rings. The van der Waals surface area contributed by atoms with Gasteiger partial charge in [-0.25, -0.2) is 0 Å². The van der Waals surface area contributed by atoms with Crippen LogP contribution in [0, 0.1) is 13.8 Å². The summed E-state index contributed by atoms with van der Waals surface area (Å²) in [6.07, 6.45) is 1.77. The second-order valence-corrected chi connectivity index (χ2v) is 4.90. The van der Waals surface area contributed by atoms with Crippen LogP contribution in [-0.4, -0.2) is 28.6 Å². The predicted molar refractivity (Wildman–Crippen MR) is 67.0 cm³/mol. The Kier molecular flexibility index (Phi) is 3.48. The molecule has 0 amide bonds. The summed E-state index contributed by atoms with van der Waals surface area (Å²) in [5.74, 6) is -0.687. The van der Waals surface area contributed by atoms with Crippen molar-refractivity contribution in [3.8, 4) is 0 Å². The molecule has 1 aromatic rings. The minimum atomic E-state index is -0.687. The molecule has 0 radical (unpaired) electrons. The molecule has 3 heteroatoms. The van der Waals surface area contributed by atoms with E-state index in [1.807, 2.05) is 0 Å². The summed E-state index contributed by atoms with van der Waals surface area (Å²) in [7, 11) is 0. The van der Waals surface area contributed by atoms with Gasteiger partial charge in [-0.3, -0.25) is 9.69 Å². The van der Waals surface area contributed by atoms with E-state index in [9.17, 15) is 4.79 Å². The highest BCUT2D eigenvalue weighted by Gasteiger charge is 2.30. The molecule has 1 saturated heterocycles. The van der Waals surface area contributed by atoms with Crippen LogP contribution < -0.4 is 0 Å². The number of benzene rings is 1. The molecule has 2 rings (SSSR count). The average Bonchev–Trinajstić information content (AvgIpc) is 2.71. The number of nitrogens with zero attached hydrogens (tertiary/aromatic N) is 1. The molecule has 0 saturated carbocycles. The van der Waals surface area contributed by atoms with Crippen molar-refractivity contribution in [2.75, 3.05) is 6.54 Å². The molecule has 1 N–H and O–H groups in total. The molecule has 1 aliphatic heterocycles. The van der Waals surface area contributed by atoms with Gasteiger partial charge in [-0.2, -0.15) is 0 Å². The minimum absolute atomic E-state index is 0.296. The van der Waals surface area contributed by atoms with Crippen LogP contribution in [-0.2, 0) is 11.3 Å². The Morgan fingerprint density at radius 3 is 2.94 bits per heavy atom. The van der Waals surface area contributed by atoms with E-state index in [0.29, 0.717) is 0 Å². The van der Waals surface area contributed by atoms with Crippen molar-refractivity contribution in [2.24, 2.45) is 0 Å². The zero-order chi connectivity index (χ0) is 12.4. The van der Waals surface area contributed by atoms with Gasteiger partial charge in [-0.1, -0.05) is 23.8 Å². The SMILES string of the molecule is Cc1ccc(C)c(CN2CCC[C@H]2C(=O)O)c1. The Bertz CT molecular complexity index is 428. The molecule has 1 fully saturated rings. The number of carboxylic acids is 1. The summed E-state index contributed by atoms with van der Waals surface area (Å²) in [4.78, 5) is 13.2. The fourth-order valence-electron chi connectivity index (χ4n) is 2.48. The van der Waals surface area contributed by atoms with Gasteiger partial charge in [0.05, 0.1) is 0 Å². The van der Waals surface area contributed by atoms with Gasteiger partial charge in [0.15, 0.2) is 0 Å². The van der Waals surface area contributed by atoms with Crippen LogP contribution in [0.25, 0.3) is 0 Å². The number of carboxylic acid groups (broad SMARTS) is 1. The lowest BCUT2D eigenvalue weighted by Crippen LogP contribution is -2.35. The predicted octanol–water partition coefficient (Wildman–Crippen LogP) is 2.35. The highest BCUT2D eigenvalue weighted by molar-refractivity contribution is 5.73. The van der Waals surface area contributed by atoms with E-state index in [2.05, 4.69) is 36.9 Å². The zero-order valence-corrected chi connectivity index (χ0v) is 10.4. The van der Waals surface area contributed by atoms with Crippen LogP contribution in [0.2, 0.25) is 0 Å². The van der Waals surface area contributed by atoms with Gasteiger partial charge in [0.25, 0.3) is 0 Å². The van der Waals surface area contributed by atoms with Crippen molar-refractivity contribution in [1.29, 1.82) is 0 Å². The van der Waals surface area contributed by atoms with Crippen LogP contribution in [0.3, 0.4) is 0 Å². The molecule has 1 atom stereocenters. The van der Waals surface area contributed by atoms with E-state index in [1.54, 1.807) is 0 Å². The van der Waals surface area contributed by atoms with Crippen molar-refractivity contribution in [3.05, 3.63) is 34.9 Å². The van der Waals surface area contributed by atoms with E-state index in [0.717, 1.165) is 25.9 Å². The van der Waals surface area contributed by atoms with Crippen LogP contribution in [0.1, 0.15) is 29.5 Å². The molecular weight excluding hydrogens is 214 g/mol. The lowest BCUT2D eigenvalue weighted by molar-refractivity contribution is -0.142. The number of hydrogen-bond acceptors (Lipinski definition) is 2. The fraction of sp³-hybridized carbons (Fsp3) is 0.500. The normalized spacial score (nSPS) is 20.7. The third-order valence-electron chi connectivity index (χ3n) is 3.53. The Balaban J connectivity index is 2.15. The molecule has 17 heavy (non-hydrogen) atoms. The summed E-state index contributed by atoms with van der Waals surface area (Å²) in [6.45, 7) is 5.80. The molecule has 1 heterocycles. The molecular formula is C14H19NO2. The van der Waals surface area contributed by atoms with Gasteiger partial charge < -0.3 is 5.11 Å². The lowest BCUT2D eigenvalue weighted by atomic mass is 10.0. The smallest absolute Gasteiger partial charge is 0.320 e. The maximum atomic E-state index is 11.1. The minimum Gasteiger partial charge on any atom is -0.480 e. The lowest BCUT2D eigenvalue weighted by Gasteiger charge is -2.22. The standard InChI is InChI=1S/C14H19NO2/c1-10-5-6-11(2)12(8-10)9-15-7-3-4-13(15)14(16)17/h5-6,8,13H,3-4,7,9H2,1-2H3,(H,16,17)/t13-/m0/s1. The summed E-state index contributed by atoms with van der Waals surface area (Å²) >= 11 is 0. The summed E-state index contributed by atoms with van der Waals surface area (Å²) in [5, 5.41) is 9.14. The van der Waals surface area contributed by atoms with E-state index in [-0.39, 0.29) is 6.04 Å². The van der Waals surface area contributed by atoms with E-state index < -0.39 is 5.97 Å².